The molecule has 0 amide bonds. The number of benzene rings is 1. The molecule has 108 valence electrons. The third kappa shape index (κ3) is 2.64. The number of aromatic nitrogens is 1. The van der Waals surface area contributed by atoms with Crippen LogP contribution in [0.5, 0.6) is 0 Å². The fourth-order valence-corrected chi connectivity index (χ4v) is 2.25. The van der Waals surface area contributed by atoms with Crippen molar-refractivity contribution in [1.29, 1.82) is 0 Å². The zero-order valence-electron chi connectivity index (χ0n) is 11.5. The van der Waals surface area contributed by atoms with Gasteiger partial charge in [0.15, 0.2) is 0 Å². The quantitative estimate of drug-likeness (QED) is 0.683. The van der Waals surface area contributed by atoms with Crippen molar-refractivity contribution in [3.63, 3.8) is 0 Å². The normalized spacial score (nSPS) is 11.0. The van der Waals surface area contributed by atoms with Crippen LogP contribution in [-0.4, -0.2) is 11.1 Å². The van der Waals surface area contributed by atoms with E-state index in [4.69, 9.17) is 25.3 Å². The van der Waals surface area contributed by atoms with Crippen molar-refractivity contribution in [2.45, 2.75) is 20.5 Å². The van der Waals surface area contributed by atoms with Crippen molar-refractivity contribution in [3.8, 4) is 0 Å². The van der Waals surface area contributed by atoms with Crippen molar-refractivity contribution in [2.75, 3.05) is 0 Å². The Morgan fingerprint density at radius 3 is 2.86 bits per heavy atom. The number of furan rings is 1. The lowest BCUT2D eigenvalue weighted by atomic mass is 10.1. The van der Waals surface area contributed by atoms with Gasteiger partial charge in [0.05, 0.1) is 0 Å². The average molecular weight is 306 g/mol. The molecule has 2 heterocycles. The summed E-state index contributed by atoms with van der Waals surface area (Å²) in [6.45, 7) is 3.60. The zero-order chi connectivity index (χ0) is 15.0. The van der Waals surface area contributed by atoms with Crippen LogP contribution in [0.1, 0.15) is 27.6 Å². The first kappa shape index (κ1) is 13.7. The molecular formula is C15H12ClNO4. The molecule has 2 aromatic heterocycles. The molecular weight excluding hydrogens is 294 g/mol. The third-order valence-corrected chi connectivity index (χ3v) is 3.35. The van der Waals surface area contributed by atoms with Gasteiger partial charge in [-0.1, -0.05) is 16.8 Å². The maximum absolute atomic E-state index is 12.1. The molecule has 0 bridgehead atoms. The van der Waals surface area contributed by atoms with Gasteiger partial charge < -0.3 is 13.7 Å². The van der Waals surface area contributed by atoms with Gasteiger partial charge in [-0.05, 0) is 32.0 Å². The van der Waals surface area contributed by atoms with Gasteiger partial charge in [0, 0.05) is 22.0 Å². The van der Waals surface area contributed by atoms with Crippen molar-refractivity contribution >= 4 is 28.5 Å². The standard InChI is InChI=1S/C15H12ClNO4/c1-8-5-11(17-21-8)7-19-15(18)14-9(2)12-6-10(16)3-4-13(12)20-14/h3-6H,7H2,1-2H3. The molecule has 0 radical (unpaired) electrons. The number of halogens is 1. The summed E-state index contributed by atoms with van der Waals surface area (Å²) in [7, 11) is 0. The summed E-state index contributed by atoms with van der Waals surface area (Å²) in [4.78, 5) is 12.1. The minimum atomic E-state index is -0.541. The van der Waals surface area contributed by atoms with Gasteiger partial charge in [0.25, 0.3) is 0 Å². The molecule has 0 unspecified atom stereocenters. The van der Waals surface area contributed by atoms with E-state index in [1.165, 1.54) is 0 Å². The molecule has 6 heteroatoms. The first-order valence-corrected chi connectivity index (χ1v) is 6.70. The number of carbonyl (C=O) groups excluding carboxylic acids is 1. The second-order valence-corrected chi connectivity index (χ2v) is 5.14. The minimum absolute atomic E-state index is 0.0351. The second-order valence-electron chi connectivity index (χ2n) is 4.70. The monoisotopic (exact) mass is 305 g/mol. The molecule has 5 nitrogen and oxygen atoms in total. The molecule has 0 atom stereocenters. The van der Waals surface area contributed by atoms with Crippen LogP contribution < -0.4 is 0 Å². The van der Waals surface area contributed by atoms with Crippen molar-refractivity contribution in [1.82, 2.24) is 5.16 Å². The van der Waals surface area contributed by atoms with E-state index in [2.05, 4.69) is 5.16 Å². The highest BCUT2D eigenvalue weighted by Crippen LogP contribution is 2.28. The van der Waals surface area contributed by atoms with E-state index >= 15 is 0 Å². The summed E-state index contributed by atoms with van der Waals surface area (Å²) in [5.74, 6) is 0.295. The lowest BCUT2D eigenvalue weighted by molar-refractivity contribution is 0.0429. The summed E-state index contributed by atoms with van der Waals surface area (Å²) >= 11 is 5.95. The van der Waals surface area contributed by atoms with Crippen LogP contribution in [0, 0.1) is 13.8 Å². The first-order chi connectivity index (χ1) is 10.0. The number of ether oxygens (including phenoxy) is 1. The van der Waals surface area contributed by atoms with Crippen molar-refractivity contribution in [2.24, 2.45) is 0 Å². The van der Waals surface area contributed by atoms with Crippen LogP contribution in [0.3, 0.4) is 0 Å². The summed E-state index contributed by atoms with van der Waals surface area (Å²) in [6.07, 6.45) is 0. The smallest absolute Gasteiger partial charge is 0.374 e. The molecule has 3 aromatic rings. The second kappa shape index (κ2) is 5.26. The van der Waals surface area contributed by atoms with E-state index in [0.717, 1.165) is 5.39 Å². The van der Waals surface area contributed by atoms with E-state index in [0.29, 0.717) is 27.6 Å². The number of hydrogen-bond acceptors (Lipinski definition) is 5. The Kier molecular flexibility index (Phi) is 3.43. The molecule has 0 saturated heterocycles. The summed E-state index contributed by atoms with van der Waals surface area (Å²) < 4.78 is 15.6. The fraction of sp³-hybridized carbons (Fsp3) is 0.200. The molecule has 21 heavy (non-hydrogen) atoms. The molecule has 0 spiro atoms. The van der Waals surface area contributed by atoms with Crippen LogP contribution in [0.25, 0.3) is 11.0 Å². The molecule has 3 rings (SSSR count). The van der Waals surface area contributed by atoms with Gasteiger partial charge >= 0.3 is 5.97 Å². The van der Waals surface area contributed by atoms with Crippen molar-refractivity contribution < 1.29 is 18.5 Å². The van der Waals surface area contributed by atoms with Gasteiger partial charge in [0.2, 0.25) is 5.76 Å². The Balaban J connectivity index is 1.82. The van der Waals surface area contributed by atoms with Gasteiger partial charge in [-0.15, -0.1) is 0 Å². The molecule has 1 aromatic carbocycles. The van der Waals surface area contributed by atoms with Crippen LogP contribution in [0.4, 0.5) is 0 Å². The number of rotatable bonds is 3. The van der Waals surface area contributed by atoms with Crippen LogP contribution in [0.2, 0.25) is 5.02 Å². The lowest BCUT2D eigenvalue weighted by Crippen LogP contribution is -2.05. The fourth-order valence-electron chi connectivity index (χ4n) is 2.08. The van der Waals surface area contributed by atoms with Crippen LogP contribution in [-0.2, 0) is 11.3 Å². The summed E-state index contributed by atoms with van der Waals surface area (Å²) in [6, 6.07) is 6.90. The highest BCUT2D eigenvalue weighted by Gasteiger charge is 2.19. The number of nitrogens with zero attached hydrogens (tertiary/aromatic N) is 1. The largest absolute Gasteiger partial charge is 0.453 e. The topological polar surface area (TPSA) is 65.5 Å². The molecule has 0 saturated carbocycles. The number of aryl methyl sites for hydroxylation is 2. The van der Waals surface area contributed by atoms with Gasteiger partial charge in [-0.25, -0.2) is 4.79 Å². The molecule has 0 aliphatic rings. The van der Waals surface area contributed by atoms with E-state index in [9.17, 15) is 4.79 Å². The number of hydrogen-bond donors (Lipinski definition) is 0. The first-order valence-electron chi connectivity index (χ1n) is 6.32. The molecule has 0 fully saturated rings. The number of fused-ring (bicyclic) bond motifs is 1. The lowest BCUT2D eigenvalue weighted by Gasteiger charge is -2.00. The average Bonchev–Trinajstić information content (AvgIpc) is 3.01. The van der Waals surface area contributed by atoms with Crippen LogP contribution >= 0.6 is 11.6 Å². The number of esters is 1. The predicted octanol–water partition coefficient (Wildman–Crippen LogP) is 4.05. The van der Waals surface area contributed by atoms with Gasteiger partial charge in [-0.3, -0.25) is 0 Å². The maximum Gasteiger partial charge on any atom is 0.374 e. The Morgan fingerprint density at radius 1 is 1.33 bits per heavy atom. The predicted molar refractivity (Wildman–Crippen MR) is 76.3 cm³/mol. The van der Waals surface area contributed by atoms with E-state index in [-0.39, 0.29) is 12.4 Å². The third-order valence-electron chi connectivity index (χ3n) is 3.11. The highest BCUT2D eigenvalue weighted by atomic mass is 35.5. The summed E-state index contributed by atoms with van der Waals surface area (Å²) in [5.41, 5.74) is 1.85. The molecule has 0 N–H and O–H groups in total. The maximum atomic E-state index is 12.1. The van der Waals surface area contributed by atoms with Gasteiger partial charge in [-0.2, -0.15) is 0 Å². The highest BCUT2D eigenvalue weighted by molar-refractivity contribution is 6.31. The minimum Gasteiger partial charge on any atom is -0.453 e. The SMILES string of the molecule is Cc1cc(COC(=O)c2oc3ccc(Cl)cc3c2C)no1. The molecule has 0 aliphatic heterocycles. The Labute approximate surface area is 125 Å². The van der Waals surface area contributed by atoms with E-state index in [1.54, 1.807) is 38.1 Å². The number of carbonyl (C=O) groups is 1. The Morgan fingerprint density at radius 2 is 2.14 bits per heavy atom. The van der Waals surface area contributed by atoms with E-state index < -0.39 is 5.97 Å². The summed E-state index contributed by atoms with van der Waals surface area (Å²) in [5, 5.41) is 5.14. The molecule has 0 aliphatic carbocycles. The Hall–Kier alpha value is -2.27. The van der Waals surface area contributed by atoms with Crippen molar-refractivity contribution in [3.05, 3.63) is 52.1 Å². The van der Waals surface area contributed by atoms with E-state index in [1.807, 2.05) is 0 Å². The zero-order valence-corrected chi connectivity index (χ0v) is 12.2. The van der Waals surface area contributed by atoms with Crippen LogP contribution in [0.15, 0.2) is 33.2 Å². The Bertz CT molecular complexity index is 818. The van der Waals surface area contributed by atoms with Gasteiger partial charge in [0.1, 0.15) is 23.6 Å².